The summed E-state index contributed by atoms with van der Waals surface area (Å²) >= 11 is 4.73. The lowest BCUT2D eigenvalue weighted by Crippen LogP contribution is -2.08. The van der Waals surface area contributed by atoms with Crippen molar-refractivity contribution >= 4 is 23.4 Å². The van der Waals surface area contributed by atoms with E-state index < -0.39 is 33.5 Å². The quantitative estimate of drug-likeness (QED) is 0.787. The molecule has 0 heterocycles. The molecule has 0 amide bonds. The summed E-state index contributed by atoms with van der Waals surface area (Å²) in [5, 5.41) is 8.49. The molecule has 1 rings (SSSR count). The highest BCUT2D eigenvalue weighted by Gasteiger charge is 2.22. The van der Waals surface area contributed by atoms with E-state index in [0.29, 0.717) is 12.1 Å². The highest BCUT2D eigenvalue weighted by molar-refractivity contribution is 6.25. The molecule has 0 aromatic heterocycles. The zero-order chi connectivity index (χ0) is 10.9. The molecule has 76 valence electrons. The van der Waals surface area contributed by atoms with Gasteiger partial charge in [-0.2, -0.15) is 0 Å². The Morgan fingerprint density at radius 1 is 1.43 bits per heavy atom. The van der Waals surface area contributed by atoms with Crippen molar-refractivity contribution in [1.29, 1.82) is 0 Å². The van der Waals surface area contributed by atoms with Gasteiger partial charge in [-0.15, -0.1) is 4.64 Å². The smallest absolute Gasteiger partial charge is 0.338 e. The van der Waals surface area contributed by atoms with Crippen molar-refractivity contribution in [1.82, 2.24) is 0 Å². The van der Waals surface area contributed by atoms with Crippen LogP contribution in [0, 0.1) is 11.6 Å². The van der Waals surface area contributed by atoms with E-state index in [9.17, 15) is 18.1 Å². The fourth-order valence-electron chi connectivity index (χ4n) is 0.878. The van der Waals surface area contributed by atoms with Gasteiger partial charge in [-0.05, 0) is 12.1 Å². The molecule has 14 heavy (non-hydrogen) atoms. The summed E-state index contributed by atoms with van der Waals surface area (Å²) < 4.78 is 37.1. The van der Waals surface area contributed by atoms with Crippen LogP contribution in [0.4, 0.5) is 18.9 Å². The lowest BCUT2D eigenvalue weighted by molar-refractivity contribution is 0.0696. The van der Waals surface area contributed by atoms with Crippen LogP contribution < -0.4 is 4.64 Å². The maximum absolute atomic E-state index is 12.9. The monoisotopic (exact) mass is 225 g/mol. The second-order valence-electron chi connectivity index (χ2n) is 2.30. The SMILES string of the molecule is O=C(O)c1ccc(F)c(F)c1N(F)Cl. The van der Waals surface area contributed by atoms with Gasteiger partial charge in [-0.3, -0.25) is 0 Å². The highest BCUT2D eigenvalue weighted by Crippen LogP contribution is 2.28. The van der Waals surface area contributed by atoms with Crippen molar-refractivity contribution in [3.63, 3.8) is 0 Å². The van der Waals surface area contributed by atoms with Gasteiger partial charge in [0.25, 0.3) is 0 Å². The van der Waals surface area contributed by atoms with Crippen LogP contribution in [-0.4, -0.2) is 11.1 Å². The average molecular weight is 226 g/mol. The number of rotatable bonds is 2. The minimum Gasteiger partial charge on any atom is -0.478 e. The van der Waals surface area contributed by atoms with E-state index in [1.807, 2.05) is 0 Å². The number of carboxylic acid groups (broad SMARTS) is 1. The zero-order valence-corrected chi connectivity index (χ0v) is 7.23. The highest BCUT2D eigenvalue weighted by atomic mass is 35.5. The van der Waals surface area contributed by atoms with Gasteiger partial charge in [0.05, 0.1) is 5.56 Å². The molecule has 1 aromatic carbocycles. The first-order valence-corrected chi connectivity index (χ1v) is 3.62. The molecule has 0 radical (unpaired) electrons. The summed E-state index contributed by atoms with van der Waals surface area (Å²) in [4.78, 5) is 10.4. The Kier molecular flexibility index (Phi) is 2.85. The number of nitrogens with zero attached hydrogens (tertiary/aromatic N) is 1. The van der Waals surface area contributed by atoms with Crippen LogP contribution in [0.3, 0.4) is 0 Å². The number of benzene rings is 1. The van der Waals surface area contributed by atoms with Gasteiger partial charge < -0.3 is 5.11 Å². The Balaban J connectivity index is 3.45. The topological polar surface area (TPSA) is 40.5 Å². The zero-order valence-electron chi connectivity index (χ0n) is 6.47. The summed E-state index contributed by atoms with van der Waals surface area (Å²) in [6.07, 6.45) is 0. The van der Waals surface area contributed by atoms with Crippen molar-refractivity contribution in [2.45, 2.75) is 0 Å². The first-order valence-electron chi connectivity index (χ1n) is 3.28. The second-order valence-corrected chi connectivity index (χ2v) is 2.59. The molecule has 0 bridgehead atoms. The minimum absolute atomic E-state index is 0.572. The lowest BCUT2D eigenvalue weighted by atomic mass is 10.1. The van der Waals surface area contributed by atoms with Gasteiger partial charge in [0.1, 0.15) is 5.69 Å². The van der Waals surface area contributed by atoms with E-state index in [4.69, 9.17) is 16.9 Å². The minimum atomic E-state index is -1.65. The van der Waals surface area contributed by atoms with Gasteiger partial charge in [0.2, 0.25) is 0 Å². The summed E-state index contributed by atoms with van der Waals surface area (Å²) in [5.74, 6) is -4.64. The molecule has 0 fully saturated rings. The van der Waals surface area contributed by atoms with Crippen molar-refractivity contribution in [3.8, 4) is 0 Å². The first kappa shape index (κ1) is 10.6. The maximum atomic E-state index is 12.9. The molecule has 1 N–H and O–H groups in total. The van der Waals surface area contributed by atoms with Crippen LogP contribution in [0.1, 0.15) is 10.4 Å². The van der Waals surface area contributed by atoms with Crippen molar-refractivity contribution in [2.75, 3.05) is 4.64 Å². The number of hydrogen-bond acceptors (Lipinski definition) is 2. The molecule has 0 saturated heterocycles. The standard InChI is InChI=1S/C7H3ClF3NO2/c8-12(11)6-3(7(13)14)1-2-4(9)5(6)10/h1-2H,(H,13,14). The van der Waals surface area contributed by atoms with Gasteiger partial charge in [-0.1, -0.05) is 4.48 Å². The second kappa shape index (κ2) is 3.75. The molecule has 0 aliphatic carbocycles. The number of halogens is 4. The van der Waals surface area contributed by atoms with E-state index in [2.05, 4.69) is 0 Å². The van der Waals surface area contributed by atoms with Gasteiger partial charge >= 0.3 is 5.97 Å². The van der Waals surface area contributed by atoms with Gasteiger partial charge in [0, 0.05) is 11.8 Å². The fourth-order valence-corrected chi connectivity index (χ4v) is 1.04. The van der Waals surface area contributed by atoms with Gasteiger partial charge in [-0.25, -0.2) is 13.6 Å². The molecule has 7 heteroatoms. The number of carboxylic acids is 1. The van der Waals surface area contributed by atoms with Crippen molar-refractivity contribution in [2.24, 2.45) is 0 Å². The molecule has 0 spiro atoms. The molecule has 0 aliphatic heterocycles. The molecule has 0 aliphatic rings. The molecule has 0 saturated carbocycles. The van der Waals surface area contributed by atoms with Crippen LogP contribution in [0.25, 0.3) is 0 Å². The molecule has 0 unspecified atom stereocenters. The van der Waals surface area contributed by atoms with E-state index in [1.54, 1.807) is 0 Å². The lowest BCUT2D eigenvalue weighted by Gasteiger charge is -2.08. The van der Waals surface area contributed by atoms with Crippen LogP contribution in [0.15, 0.2) is 12.1 Å². The molecular weight excluding hydrogens is 223 g/mol. The van der Waals surface area contributed by atoms with Crippen molar-refractivity contribution in [3.05, 3.63) is 29.3 Å². The number of carbonyl (C=O) groups is 1. The van der Waals surface area contributed by atoms with E-state index in [0.717, 1.165) is 0 Å². The van der Waals surface area contributed by atoms with E-state index in [1.165, 1.54) is 0 Å². The van der Waals surface area contributed by atoms with E-state index >= 15 is 0 Å². The third kappa shape index (κ3) is 1.74. The number of anilines is 1. The normalized spacial score (nSPS) is 10.0. The Hall–Kier alpha value is -1.43. The van der Waals surface area contributed by atoms with E-state index in [-0.39, 0.29) is 0 Å². The average Bonchev–Trinajstić information content (AvgIpc) is 2.08. The predicted octanol–water partition coefficient (Wildman–Crippen LogP) is 2.51. The predicted molar refractivity (Wildman–Crippen MR) is 42.8 cm³/mol. The largest absolute Gasteiger partial charge is 0.478 e. The summed E-state index contributed by atoms with van der Waals surface area (Å²) in [7, 11) is 0. The Bertz CT molecular complexity index is 383. The molecule has 1 aromatic rings. The number of aromatic carboxylic acids is 1. The number of hydrogen-bond donors (Lipinski definition) is 1. The third-order valence-electron chi connectivity index (χ3n) is 1.47. The Labute approximate surface area is 81.4 Å². The fraction of sp³-hybridized carbons (Fsp3) is 0. The van der Waals surface area contributed by atoms with Crippen LogP contribution in [-0.2, 0) is 0 Å². The molecule has 3 nitrogen and oxygen atoms in total. The Morgan fingerprint density at radius 3 is 2.43 bits per heavy atom. The molecule has 0 atom stereocenters. The Morgan fingerprint density at radius 2 is 2.00 bits per heavy atom. The summed E-state index contributed by atoms with van der Waals surface area (Å²) in [6.45, 7) is 0. The van der Waals surface area contributed by atoms with Gasteiger partial charge in [0.15, 0.2) is 11.6 Å². The molecular formula is C7H3ClF3NO2. The summed E-state index contributed by atoms with van der Waals surface area (Å²) in [6, 6.07) is 1.29. The summed E-state index contributed by atoms with van der Waals surface area (Å²) in [5.41, 5.74) is -1.92. The maximum Gasteiger partial charge on any atom is 0.338 e. The van der Waals surface area contributed by atoms with Crippen LogP contribution in [0.5, 0.6) is 0 Å². The van der Waals surface area contributed by atoms with Crippen LogP contribution >= 0.6 is 11.8 Å². The van der Waals surface area contributed by atoms with Crippen molar-refractivity contribution < 1.29 is 23.2 Å². The van der Waals surface area contributed by atoms with Crippen LogP contribution in [0.2, 0.25) is 0 Å². The third-order valence-corrected chi connectivity index (χ3v) is 1.64. The first-order chi connectivity index (χ1) is 6.45.